The van der Waals surface area contributed by atoms with Crippen molar-refractivity contribution in [1.82, 2.24) is 14.9 Å². The Hall–Kier alpha value is -2.50. The number of nitrogens with zero attached hydrogens (tertiary/aromatic N) is 2. The minimum absolute atomic E-state index is 0.00587. The third-order valence-corrected chi connectivity index (χ3v) is 2.61. The van der Waals surface area contributed by atoms with Gasteiger partial charge in [0.05, 0.1) is 12.1 Å². The fourth-order valence-corrected chi connectivity index (χ4v) is 1.56. The van der Waals surface area contributed by atoms with E-state index in [4.69, 9.17) is 5.73 Å². The van der Waals surface area contributed by atoms with E-state index >= 15 is 0 Å². The van der Waals surface area contributed by atoms with Crippen LogP contribution >= 0.6 is 0 Å². The third-order valence-electron chi connectivity index (χ3n) is 2.61. The van der Waals surface area contributed by atoms with Crippen molar-refractivity contribution in [2.75, 3.05) is 5.73 Å². The summed E-state index contributed by atoms with van der Waals surface area (Å²) in [7, 11) is 1.84. The Labute approximate surface area is 104 Å². The number of rotatable bonds is 3. The van der Waals surface area contributed by atoms with Crippen LogP contribution in [0.1, 0.15) is 16.2 Å². The first-order valence-corrected chi connectivity index (χ1v) is 5.41. The van der Waals surface area contributed by atoms with Gasteiger partial charge in [-0.25, -0.2) is 4.98 Å². The van der Waals surface area contributed by atoms with Gasteiger partial charge in [-0.1, -0.05) is 0 Å². The fraction of sp³-hybridized carbons (Fsp3) is 0.167. The number of amides is 1. The molecule has 2 rings (SSSR count). The zero-order valence-corrected chi connectivity index (χ0v) is 9.92. The molecule has 0 aliphatic rings. The molecule has 0 aliphatic heterocycles. The van der Waals surface area contributed by atoms with E-state index in [9.17, 15) is 9.90 Å². The standard InChI is InChI=1S/C12H14N4O2/c1-16-5-4-14-11(16)7-15-12(18)9-6-8(17)2-3-10(9)13/h2-6,17H,7,13H2,1H3,(H,15,18). The topological polar surface area (TPSA) is 93.2 Å². The highest BCUT2D eigenvalue weighted by Crippen LogP contribution is 2.18. The van der Waals surface area contributed by atoms with Gasteiger partial charge in [-0.3, -0.25) is 4.79 Å². The van der Waals surface area contributed by atoms with Crippen molar-refractivity contribution in [2.45, 2.75) is 6.54 Å². The minimum atomic E-state index is -0.341. The molecule has 0 spiro atoms. The number of anilines is 1. The van der Waals surface area contributed by atoms with Crippen LogP contribution < -0.4 is 11.1 Å². The minimum Gasteiger partial charge on any atom is -0.508 e. The van der Waals surface area contributed by atoms with E-state index < -0.39 is 0 Å². The molecule has 1 aromatic heterocycles. The predicted octanol–water partition coefficient (Wildman–Crippen LogP) is 0.638. The Kier molecular flexibility index (Phi) is 3.18. The van der Waals surface area contributed by atoms with Crippen molar-refractivity contribution >= 4 is 11.6 Å². The van der Waals surface area contributed by atoms with Crippen LogP contribution in [0.3, 0.4) is 0 Å². The molecule has 0 radical (unpaired) electrons. The second kappa shape index (κ2) is 4.79. The maximum absolute atomic E-state index is 11.9. The lowest BCUT2D eigenvalue weighted by molar-refractivity contribution is 0.0950. The second-order valence-corrected chi connectivity index (χ2v) is 3.91. The molecule has 4 N–H and O–H groups in total. The van der Waals surface area contributed by atoms with Crippen molar-refractivity contribution in [3.63, 3.8) is 0 Å². The maximum Gasteiger partial charge on any atom is 0.253 e. The van der Waals surface area contributed by atoms with Gasteiger partial charge >= 0.3 is 0 Å². The molecule has 0 saturated carbocycles. The van der Waals surface area contributed by atoms with Gasteiger partial charge in [-0.2, -0.15) is 0 Å². The van der Waals surface area contributed by atoms with Crippen LogP contribution in [0.4, 0.5) is 5.69 Å². The molecule has 94 valence electrons. The van der Waals surface area contributed by atoms with Crippen LogP contribution in [0, 0.1) is 0 Å². The molecule has 1 aromatic carbocycles. The first-order valence-electron chi connectivity index (χ1n) is 5.41. The lowest BCUT2D eigenvalue weighted by Gasteiger charge is -2.08. The number of benzene rings is 1. The van der Waals surface area contributed by atoms with Crippen LogP contribution in [-0.2, 0) is 13.6 Å². The zero-order valence-electron chi connectivity index (χ0n) is 9.92. The van der Waals surface area contributed by atoms with E-state index in [1.807, 2.05) is 11.6 Å². The van der Waals surface area contributed by atoms with Crippen LogP contribution in [0.25, 0.3) is 0 Å². The number of aromatic hydroxyl groups is 1. The second-order valence-electron chi connectivity index (χ2n) is 3.91. The van der Waals surface area contributed by atoms with Gasteiger partial charge in [0.2, 0.25) is 0 Å². The summed E-state index contributed by atoms with van der Waals surface area (Å²) in [6, 6.07) is 4.26. The molecule has 1 amide bonds. The number of nitrogens with two attached hydrogens (primary N) is 1. The Balaban J connectivity index is 2.08. The Bertz CT molecular complexity index is 577. The number of imidazole rings is 1. The number of phenols is 1. The number of nitrogen functional groups attached to an aromatic ring is 1. The van der Waals surface area contributed by atoms with Gasteiger partial charge in [0.1, 0.15) is 11.6 Å². The number of hydrogen-bond donors (Lipinski definition) is 3. The van der Waals surface area contributed by atoms with Crippen molar-refractivity contribution in [3.05, 3.63) is 42.0 Å². The summed E-state index contributed by atoms with van der Waals surface area (Å²) in [6.07, 6.45) is 3.45. The average Bonchev–Trinajstić information content (AvgIpc) is 2.75. The fourth-order valence-electron chi connectivity index (χ4n) is 1.56. The molecule has 0 atom stereocenters. The molecule has 0 saturated heterocycles. The monoisotopic (exact) mass is 246 g/mol. The Morgan fingerprint density at radius 3 is 3.00 bits per heavy atom. The van der Waals surface area contributed by atoms with Gasteiger partial charge in [-0.15, -0.1) is 0 Å². The smallest absolute Gasteiger partial charge is 0.253 e. The highest BCUT2D eigenvalue weighted by atomic mass is 16.3. The van der Waals surface area contributed by atoms with E-state index in [0.29, 0.717) is 12.2 Å². The highest BCUT2D eigenvalue weighted by Gasteiger charge is 2.11. The number of phenolic OH excluding ortho intramolecular Hbond substituents is 1. The summed E-state index contributed by atoms with van der Waals surface area (Å²) in [5, 5.41) is 12.0. The first-order chi connectivity index (χ1) is 8.58. The van der Waals surface area contributed by atoms with Gasteiger partial charge in [0, 0.05) is 25.1 Å². The van der Waals surface area contributed by atoms with Crippen molar-refractivity contribution in [2.24, 2.45) is 7.05 Å². The summed E-state index contributed by atoms with van der Waals surface area (Å²) < 4.78 is 1.81. The number of aromatic nitrogens is 2. The summed E-state index contributed by atoms with van der Waals surface area (Å²) >= 11 is 0. The van der Waals surface area contributed by atoms with Crippen LogP contribution in [0.15, 0.2) is 30.6 Å². The SMILES string of the molecule is Cn1ccnc1CNC(=O)c1cc(O)ccc1N. The van der Waals surface area contributed by atoms with E-state index in [-0.39, 0.29) is 17.2 Å². The number of carbonyl (C=O) groups excluding carboxylic acids is 1. The number of nitrogens with one attached hydrogen (secondary N) is 1. The number of hydrogen-bond acceptors (Lipinski definition) is 4. The molecule has 6 nitrogen and oxygen atoms in total. The largest absolute Gasteiger partial charge is 0.508 e. The number of carbonyl (C=O) groups is 1. The molecule has 1 heterocycles. The molecular formula is C12H14N4O2. The lowest BCUT2D eigenvalue weighted by atomic mass is 10.1. The third kappa shape index (κ3) is 2.42. The van der Waals surface area contributed by atoms with Crippen LogP contribution in [-0.4, -0.2) is 20.6 Å². The summed E-state index contributed by atoms with van der Waals surface area (Å²) in [4.78, 5) is 16.0. The summed E-state index contributed by atoms with van der Waals surface area (Å²) in [5.41, 5.74) is 6.25. The van der Waals surface area contributed by atoms with E-state index in [2.05, 4.69) is 10.3 Å². The van der Waals surface area contributed by atoms with Gasteiger partial charge in [-0.05, 0) is 18.2 Å². The van der Waals surface area contributed by atoms with Gasteiger partial charge < -0.3 is 20.7 Å². The molecule has 0 unspecified atom stereocenters. The predicted molar refractivity (Wildman–Crippen MR) is 66.9 cm³/mol. The molecule has 18 heavy (non-hydrogen) atoms. The van der Waals surface area contributed by atoms with Gasteiger partial charge in [0.25, 0.3) is 5.91 Å². The van der Waals surface area contributed by atoms with Crippen molar-refractivity contribution in [1.29, 1.82) is 0 Å². The maximum atomic E-state index is 11.9. The Morgan fingerprint density at radius 1 is 1.56 bits per heavy atom. The molecular weight excluding hydrogens is 232 g/mol. The Morgan fingerprint density at radius 2 is 2.33 bits per heavy atom. The van der Waals surface area contributed by atoms with Crippen molar-refractivity contribution < 1.29 is 9.90 Å². The first kappa shape index (κ1) is 12.0. The van der Waals surface area contributed by atoms with Crippen LogP contribution in [0.2, 0.25) is 0 Å². The lowest BCUT2D eigenvalue weighted by Crippen LogP contribution is -2.25. The molecule has 0 bridgehead atoms. The molecule has 0 aliphatic carbocycles. The zero-order chi connectivity index (χ0) is 13.1. The normalized spacial score (nSPS) is 10.3. The highest BCUT2D eigenvalue weighted by molar-refractivity contribution is 5.99. The molecule has 0 fully saturated rings. The van der Waals surface area contributed by atoms with Gasteiger partial charge in [0.15, 0.2) is 0 Å². The van der Waals surface area contributed by atoms with E-state index in [1.165, 1.54) is 18.2 Å². The van der Waals surface area contributed by atoms with Crippen molar-refractivity contribution in [3.8, 4) is 5.75 Å². The summed E-state index contributed by atoms with van der Waals surface area (Å²) in [5.74, 6) is 0.403. The quantitative estimate of drug-likeness (QED) is 0.547. The van der Waals surface area contributed by atoms with E-state index in [0.717, 1.165) is 5.82 Å². The summed E-state index contributed by atoms with van der Waals surface area (Å²) in [6.45, 7) is 0.303. The number of aryl methyl sites for hydroxylation is 1. The van der Waals surface area contributed by atoms with E-state index in [1.54, 1.807) is 12.4 Å². The van der Waals surface area contributed by atoms with Crippen LogP contribution in [0.5, 0.6) is 5.75 Å². The molecule has 6 heteroatoms. The molecule has 2 aromatic rings. The average molecular weight is 246 g/mol.